The number of halogens is 1. The fourth-order valence-electron chi connectivity index (χ4n) is 1.24. The van der Waals surface area contributed by atoms with Crippen LogP contribution in [0.4, 0.5) is 5.69 Å². The Kier molecular flexibility index (Phi) is 5.65. The first-order valence-corrected chi connectivity index (χ1v) is 5.76. The molecule has 0 heterocycles. The summed E-state index contributed by atoms with van der Waals surface area (Å²) in [5, 5.41) is 5.02. The number of anilines is 1. The van der Waals surface area contributed by atoms with Crippen LogP contribution in [-0.2, 0) is 0 Å². The highest BCUT2D eigenvalue weighted by Crippen LogP contribution is 2.13. The van der Waals surface area contributed by atoms with Gasteiger partial charge in [-0.25, -0.2) is 0 Å². The Balaban J connectivity index is 2.39. The fraction of sp³-hybridized carbons (Fsp3) is 0.308. The van der Waals surface area contributed by atoms with Crippen LogP contribution in [0.15, 0.2) is 42.0 Å². The normalized spacial score (nSPS) is 11.2. The zero-order valence-electron chi connectivity index (χ0n) is 9.54. The van der Waals surface area contributed by atoms with Crippen LogP contribution in [0, 0.1) is 0 Å². The summed E-state index contributed by atoms with van der Waals surface area (Å²) in [5.41, 5.74) is 5.05. The van der Waals surface area contributed by atoms with Crippen LogP contribution in [0.25, 0.3) is 0 Å². The molecule has 0 saturated heterocycles. The number of rotatable bonds is 6. The smallest absolute Gasteiger partial charge is 0.0562 e. The summed E-state index contributed by atoms with van der Waals surface area (Å²) >= 11 is 5.79. The van der Waals surface area contributed by atoms with Crippen LogP contribution in [0.2, 0.25) is 5.02 Å². The van der Waals surface area contributed by atoms with Crippen LogP contribution in [0.3, 0.4) is 0 Å². The van der Waals surface area contributed by atoms with Crippen LogP contribution in [0.1, 0.15) is 26.2 Å². The molecule has 0 aromatic heterocycles. The molecule has 1 N–H and O–H groups in total. The first kappa shape index (κ1) is 12.8. The lowest BCUT2D eigenvalue weighted by Gasteiger charge is -2.02. The van der Waals surface area contributed by atoms with Gasteiger partial charge in [-0.05, 0) is 50.5 Å². The highest BCUT2D eigenvalue weighted by Gasteiger charge is 1.93. The summed E-state index contributed by atoms with van der Waals surface area (Å²) < 4.78 is 0. The molecule has 0 aliphatic rings. The molecular formula is C13H17ClN2. The molecule has 0 aliphatic heterocycles. The molecule has 86 valence electrons. The van der Waals surface area contributed by atoms with Crippen molar-refractivity contribution in [1.82, 2.24) is 0 Å². The second-order valence-corrected chi connectivity index (χ2v) is 4.08. The van der Waals surface area contributed by atoms with E-state index in [0.717, 1.165) is 35.7 Å². The SMILES string of the molecule is C=CCCC/C(C)=N/Nc1ccc(Cl)cc1. The van der Waals surface area contributed by atoms with Gasteiger partial charge in [-0.1, -0.05) is 17.7 Å². The van der Waals surface area contributed by atoms with Crippen molar-refractivity contribution in [3.05, 3.63) is 41.9 Å². The third-order valence-electron chi connectivity index (χ3n) is 2.17. The summed E-state index contributed by atoms with van der Waals surface area (Å²) in [6.07, 6.45) is 5.06. The number of hydrogen-bond donors (Lipinski definition) is 1. The number of nitrogens with zero attached hydrogens (tertiary/aromatic N) is 1. The molecule has 0 bridgehead atoms. The molecule has 0 aliphatic carbocycles. The van der Waals surface area contributed by atoms with E-state index in [1.165, 1.54) is 0 Å². The van der Waals surface area contributed by atoms with Crippen molar-refractivity contribution in [2.45, 2.75) is 26.2 Å². The summed E-state index contributed by atoms with van der Waals surface area (Å²) in [7, 11) is 0. The average Bonchev–Trinajstić information content (AvgIpc) is 2.29. The van der Waals surface area contributed by atoms with Crippen molar-refractivity contribution in [2.75, 3.05) is 5.43 Å². The summed E-state index contributed by atoms with van der Waals surface area (Å²) in [6.45, 7) is 5.71. The van der Waals surface area contributed by atoms with E-state index in [0.29, 0.717) is 0 Å². The number of nitrogens with one attached hydrogen (secondary N) is 1. The van der Waals surface area contributed by atoms with Gasteiger partial charge >= 0.3 is 0 Å². The lowest BCUT2D eigenvalue weighted by Crippen LogP contribution is -1.97. The lowest BCUT2D eigenvalue weighted by molar-refractivity contribution is 0.890. The highest BCUT2D eigenvalue weighted by atomic mass is 35.5. The van der Waals surface area contributed by atoms with E-state index in [1.807, 2.05) is 37.3 Å². The zero-order chi connectivity index (χ0) is 11.8. The Hall–Kier alpha value is -1.28. The second-order valence-electron chi connectivity index (χ2n) is 3.65. The van der Waals surface area contributed by atoms with E-state index in [9.17, 15) is 0 Å². The van der Waals surface area contributed by atoms with Crippen LogP contribution < -0.4 is 5.43 Å². The van der Waals surface area contributed by atoms with Gasteiger partial charge in [0.1, 0.15) is 0 Å². The maximum Gasteiger partial charge on any atom is 0.0562 e. The highest BCUT2D eigenvalue weighted by molar-refractivity contribution is 6.30. The molecular weight excluding hydrogens is 220 g/mol. The first-order chi connectivity index (χ1) is 7.72. The molecule has 0 amide bonds. The van der Waals surface area contributed by atoms with Gasteiger partial charge in [0.15, 0.2) is 0 Å². The maximum absolute atomic E-state index is 5.79. The Morgan fingerprint density at radius 2 is 2.12 bits per heavy atom. The number of hydrogen-bond acceptors (Lipinski definition) is 2. The van der Waals surface area contributed by atoms with Crippen LogP contribution >= 0.6 is 11.6 Å². The van der Waals surface area contributed by atoms with Crippen molar-refractivity contribution >= 4 is 23.0 Å². The minimum Gasteiger partial charge on any atom is -0.279 e. The third-order valence-corrected chi connectivity index (χ3v) is 2.42. The number of benzene rings is 1. The minimum absolute atomic E-state index is 0.734. The van der Waals surface area contributed by atoms with Crippen molar-refractivity contribution < 1.29 is 0 Å². The van der Waals surface area contributed by atoms with Gasteiger partial charge in [0.25, 0.3) is 0 Å². The number of unbranched alkanes of at least 4 members (excludes halogenated alkanes) is 1. The molecule has 1 aromatic rings. The van der Waals surface area contributed by atoms with E-state index in [2.05, 4.69) is 17.1 Å². The Morgan fingerprint density at radius 3 is 2.75 bits per heavy atom. The van der Waals surface area contributed by atoms with Crippen molar-refractivity contribution in [3.8, 4) is 0 Å². The molecule has 0 radical (unpaired) electrons. The third kappa shape index (κ3) is 4.99. The van der Waals surface area contributed by atoms with Crippen molar-refractivity contribution in [2.24, 2.45) is 5.10 Å². The maximum atomic E-state index is 5.79. The number of allylic oxidation sites excluding steroid dienone is 1. The molecule has 0 spiro atoms. The lowest BCUT2D eigenvalue weighted by atomic mass is 10.2. The van der Waals surface area contributed by atoms with Gasteiger partial charge < -0.3 is 0 Å². The quantitative estimate of drug-likeness (QED) is 0.335. The van der Waals surface area contributed by atoms with E-state index >= 15 is 0 Å². The second kappa shape index (κ2) is 7.07. The molecule has 3 heteroatoms. The van der Waals surface area contributed by atoms with Gasteiger partial charge in [0.2, 0.25) is 0 Å². The average molecular weight is 237 g/mol. The number of hydrazone groups is 1. The van der Waals surface area contributed by atoms with E-state index in [1.54, 1.807) is 0 Å². The van der Waals surface area contributed by atoms with Crippen molar-refractivity contribution in [1.29, 1.82) is 0 Å². The van der Waals surface area contributed by atoms with Crippen molar-refractivity contribution in [3.63, 3.8) is 0 Å². The monoisotopic (exact) mass is 236 g/mol. The summed E-state index contributed by atoms with van der Waals surface area (Å²) in [4.78, 5) is 0. The molecule has 0 atom stereocenters. The van der Waals surface area contributed by atoms with Gasteiger partial charge in [-0.15, -0.1) is 6.58 Å². The summed E-state index contributed by atoms with van der Waals surface area (Å²) in [6, 6.07) is 7.49. The molecule has 16 heavy (non-hydrogen) atoms. The first-order valence-electron chi connectivity index (χ1n) is 5.38. The summed E-state index contributed by atoms with van der Waals surface area (Å²) in [5.74, 6) is 0. The largest absolute Gasteiger partial charge is 0.279 e. The van der Waals surface area contributed by atoms with Gasteiger partial charge in [0, 0.05) is 10.7 Å². The van der Waals surface area contributed by atoms with Crippen LogP contribution in [0.5, 0.6) is 0 Å². The Morgan fingerprint density at radius 1 is 1.44 bits per heavy atom. The molecule has 0 saturated carbocycles. The molecule has 0 unspecified atom stereocenters. The van der Waals surface area contributed by atoms with Gasteiger partial charge in [-0.3, -0.25) is 5.43 Å². The van der Waals surface area contributed by atoms with Crippen LogP contribution in [-0.4, -0.2) is 5.71 Å². The van der Waals surface area contributed by atoms with E-state index in [-0.39, 0.29) is 0 Å². The predicted molar refractivity (Wildman–Crippen MR) is 72.2 cm³/mol. The van der Waals surface area contributed by atoms with E-state index in [4.69, 9.17) is 11.6 Å². The topological polar surface area (TPSA) is 24.4 Å². The Labute approximate surface area is 102 Å². The fourth-order valence-corrected chi connectivity index (χ4v) is 1.37. The Bertz CT molecular complexity index is 355. The molecule has 1 rings (SSSR count). The molecule has 0 fully saturated rings. The van der Waals surface area contributed by atoms with E-state index < -0.39 is 0 Å². The zero-order valence-corrected chi connectivity index (χ0v) is 10.3. The predicted octanol–water partition coefficient (Wildman–Crippen LogP) is 4.48. The molecule has 2 nitrogen and oxygen atoms in total. The van der Waals surface area contributed by atoms with Gasteiger partial charge in [-0.2, -0.15) is 5.10 Å². The standard InChI is InChI=1S/C13H17ClN2/c1-3-4-5-6-11(2)15-16-13-9-7-12(14)8-10-13/h3,7-10,16H,1,4-6H2,2H3/b15-11+. The van der Waals surface area contributed by atoms with Gasteiger partial charge in [0.05, 0.1) is 5.69 Å². The minimum atomic E-state index is 0.734. The molecule has 1 aromatic carbocycles.